The van der Waals surface area contributed by atoms with Crippen LogP contribution in [0.1, 0.15) is 75.6 Å². The molecule has 8 rings (SSSR count). The Morgan fingerprint density at radius 3 is 2.35 bits per heavy atom. The van der Waals surface area contributed by atoms with Gasteiger partial charge in [0.05, 0.1) is 17.2 Å². The molecule has 0 radical (unpaired) electrons. The van der Waals surface area contributed by atoms with Crippen molar-refractivity contribution < 1.29 is 0 Å². The van der Waals surface area contributed by atoms with Gasteiger partial charge in [-0.15, -0.1) is 0 Å². The lowest BCUT2D eigenvalue weighted by Gasteiger charge is -2.50. The summed E-state index contributed by atoms with van der Waals surface area (Å²) in [6.07, 6.45) is 4.79. The van der Waals surface area contributed by atoms with E-state index >= 15 is 0 Å². The molecular formula is C38H34N2. The predicted octanol–water partition coefficient (Wildman–Crippen LogP) is 9.91. The molecule has 0 saturated heterocycles. The molecule has 0 bridgehead atoms. The molecule has 2 nitrogen and oxygen atoms in total. The van der Waals surface area contributed by atoms with Gasteiger partial charge in [0.2, 0.25) is 0 Å². The van der Waals surface area contributed by atoms with Crippen molar-refractivity contribution in [1.29, 1.82) is 5.26 Å². The Morgan fingerprint density at radius 1 is 0.700 bits per heavy atom. The summed E-state index contributed by atoms with van der Waals surface area (Å²) in [4.78, 5) is 2.63. The van der Waals surface area contributed by atoms with Crippen LogP contribution in [-0.2, 0) is 10.8 Å². The number of hydrogen-bond donors (Lipinski definition) is 0. The second-order valence-corrected chi connectivity index (χ2v) is 13.2. The molecule has 2 unspecified atom stereocenters. The zero-order valence-corrected chi connectivity index (χ0v) is 23.8. The van der Waals surface area contributed by atoms with Crippen molar-refractivity contribution >= 4 is 32.9 Å². The third-order valence-corrected chi connectivity index (χ3v) is 11.0. The first-order chi connectivity index (χ1) is 19.3. The molecule has 40 heavy (non-hydrogen) atoms. The van der Waals surface area contributed by atoms with E-state index in [-0.39, 0.29) is 16.4 Å². The fourth-order valence-corrected chi connectivity index (χ4v) is 8.66. The molecule has 1 saturated carbocycles. The van der Waals surface area contributed by atoms with Gasteiger partial charge in [-0.25, -0.2) is 0 Å². The van der Waals surface area contributed by atoms with E-state index < -0.39 is 0 Å². The number of anilines is 2. The highest BCUT2D eigenvalue weighted by Gasteiger charge is 2.57. The first-order valence-corrected chi connectivity index (χ1v) is 14.7. The Kier molecular flexibility index (Phi) is 4.61. The average molecular weight is 519 g/mol. The minimum atomic E-state index is -0.0928. The Morgan fingerprint density at radius 2 is 1.50 bits per heavy atom. The first kappa shape index (κ1) is 23.8. The van der Waals surface area contributed by atoms with Crippen molar-refractivity contribution in [2.45, 2.75) is 69.7 Å². The maximum absolute atomic E-state index is 9.72. The molecule has 2 heteroatoms. The molecule has 1 fully saturated rings. The molecule has 1 heterocycles. The Balaban J connectivity index is 1.35. The fourth-order valence-electron chi connectivity index (χ4n) is 8.66. The van der Waals surface area contributed by atoms with E-state index in [1.807, 2.05) is 6.07 Å². The van der Waals surface area contributed by atoms with Crippen LogP contribution in [0.4, 0.5) is 11.4 Å². The van der Waals surface area contributed by atoms with Crippen molar-refractivity contribution in [1.82, 2.24) is 0 Å². The Bertz CT molecular complexity index is 1940. The molecule has 0 amide bonds. The second kappa shape index (κ2) is 7.76. The summed E-state index contributed by atoms with van der Waals surface area (Å²) < 4.78 is 0. The van der Waals surface area contributed by atoms with E-state index in [9.17, 15) is 5.26 Å². The molecular weight excluding hydrogens is 484 g/mol. The van der Waals surface area contributed by atoms with E-state index in [0.29, 0.717) is 0 Å². The number of hydrogen-bond acceptors (Lipinski definition) is 2. The molecule has 1 aliphatic heterocycles. The highest BCUT2D eigenvalue weighted by atomic mass is 15.3. The van der Waals surface area contributed by atoms with E-state index in [2.05, 4.69) is 118 Å². The van der Waals surface area contributed by atoms with E-state index in [1.54, 1.807) is 0 Å². The van der Waals surface area contributed by atoms with E-state index in [0.717, 1.165) is 18.4 Å². The van der Waals surface area contributed by atoms with E-state index in [4.69, 9.17) is 0 Å². The zero-order chi connectivity index (χ0) is 27.4. The molecule has 0 aromatic heterocycles. The zero-order valence-electron chi connectivity index (χ0n) is 23.8. The van der Waals surface area contributed by atoms with Gasteiger partial charge >= 0.3 is 0 Å². The van der Waals surface area contributed by atoms with Gasteiger partial charge < -0.3 is 4.90 Å². The van der Waals surface area contributed by atoms with Crippen LogP contribution in [0.5, 0.6) is 0 Å². The quantitative estimate of drug-likeness (QED) is 0.206. The molecule has 196 valence electrons. The predicted molar refractivity (Wildman–Crippen MR) is 167 cm³/mol. The van der Waals surface area contributed by atoms with Gasteiger partial charge in [-0.2, -0.15) is 5.26 Å². The summed E-state index contributed by atoms with van der Waals surface area (Å²) in [7, 11) is 0. The molecule has 0 spiro atoms. The van der Waals surface area contributed by atoms with Crippen molar-refractivity contribution in [3.05, 3.63) is 107 Å². The van der Waals surface area contributed by atoms with Crippen molar-refractivity contribution in [2.24, 2.45) is 0 Å². The summed E-state index contributed by atoms with van der Waals surface area (Å²) >= 11 is 0. The maximum Gasteiger partial charge on any atom is 0.0991 e. The van der Waals surface area contributed by atoms with Crippen LogP contribution in [-0.4, -0.2) is 5.54 Å². The highest BCUT2D eigenvalue weighted by molar-refractivity contribution is 6.14. The van der Waals surface area contributed by atoms with Crippen LogP contribution in [0.15, 0.2) is 84.9 Å². The van der Waals surface area contributed by atoms with E-state index in [1.165, 1.54) is 73.6 Å². The van der Waals surface area contributed by atoms with Crippen LogP contribution in [0.25, 0.3) is 32.7 Å². The van der Waals surface area contributed by atoms with Crippen LogP contribution >= 0.6 is 0 Å². The molecule has 5 aromatic carbocycles. The second-order valence-electron chi connectivity index (χ2n) is 13.2. The number of benzene rings is 5. The topological polar surface area (TPSA) is 27.0 Å². The largest absolute Gasteiger partial charge is 0.334 e. The van der Waals surface area contributed by atoms with Gasteiger partial charge in [0.15, 0.2) is 0 Å². The Labute approximate surface area is 236 Å². The van der Waals surface area contributed by atoms with Crippen molar-refractivity contribution in [3.63, 3.8) is 0 Å². The lowest BCUT2D eigenvalue weighted by Crippen LogP contribution is -2.54. The lowest BCUT2D eigenvalue weighted by molar-refractivity contribution is 0.195. The van der Waals surface area contributed by atoms with Crippen molar-refractivity contribution in [2.75, 3.05) is 4.90 Å². The summed E-state index contributed by atoms with van der Waals surface area (Å²) in [5.74, 6) is 0. The Hall–Kier alpha value is -4.09. The van der Waals surface area contributed by atoms with Crippen molar-refractivity contribution in [3.8, 4) is 17.2 Å². The number of nitriles is 1. The normalized spacial score (nSPS) is 23.9. The SMILES string of the molecule is CC1(C)c2cc(N3c4ccc(C#N)cc4C4(C)CCCCC34C)ccc2-c2c1ccc1c2ccc2ccccc21. The summed E-state index contributed by atoms with van der Waals surface area (Å²) in [5.41, 5.74) is 10.1. The third kappa shape index (κ3) is 2.78. The van der Waals surface area contributed by atoms with Gasteiger partial charge in [0, 0.05) is 22.2 Å². The minimum Gasteiger partial charge on any atom is -0.334 e. The maximum atomic E-state index is 9.72. The molecule has 3 aliphatic rings. The monoisotopic (exact) mass is 518 g/mol. The van der Waals surface area contributed by atoms with Gasteiger partial charge in [-0.1, -0.05) is 88.2 Å². The third-order valence-electron chi connectivity index (χ3n) is 11.0. The van der Waals surface area contributed by atoms with Gasteiger partial charge in [-0.3, -0.25) is 0 Å². The van der Waals surface area contributed by atoms with Crippen LogP contribution < -0.4 is 4.90 Å². The first-order valence-electron chi connectivity index (χ1n) is 14.7. The van der Waals surface area contributed by atoms with Crippen LogP contribution in [0.3, 0.4) is 0 Å². The van der Waals surface area contributed by atoms with Gasteiger partial charge in [-0.05, 0) is 99.5 Å². The number of rotatable bonds is 1. The standard InChI is InChI=1S/C38H34N2/c1-36(2)31-17-16-28-27-10-6-5-9-25(27)12-14-29(28)35(31)30-15-13-26(22-32(30)36)40-34-18-11-24(23-39)21-33(34)37(3)19-7-8-20-38(37,40)4/h5-6,9-18,21-22H,7-8,19-20H2,1-4H3. The summed E-state index contributed by atoms with van der Waals surface area (Å²) in [5, 5.41) is 15.0. The highest BCUT2D eigenvalue weighted by Crippen LogP contribution is 2.62. The van der Waals surface area contributed by atoms with Crippen LogP contribution in [0.2, 0.25) is 0 Å². The van der Waals surface area contributed by atoms with Gasteiger partial charge in [0.1, 0.15) is 0 Å². The summed E-state index contributed by atoms with van der Waals surface area (Å²) in [6, 6.07) is 34.0. The fraction of sp³-hybridized carbons (Fsp3) is 0.289. The van der Waals surface area contributed by atoms with Crippen LogP contribution in [0, 0.1) is 11.3 Å². The number of nitrogens with zero attached hydrogens (tertiary/aromatic N) is 2. The minimum absolute atomic E-state index is 0.0161. The molecule has 0 N–H and O–H groups in total. The molecule has 2 aliphatic carbocycles. The smallest absolute Gasteiger partial charge is 0.0991 e. The number of fused-ring (bicyclic) bond motifs is 10. The lowest BCUT2D eigenvalue weighted by atomic mass is 9.61. The molecule has 5 aromatic rings. The summed E-state index contributed by atoms with van der Waals surface area (Å²) in [6.45, 7) is 9.68. The van der Waals surface area contributed by atoms with Gasteiger partial charge in [0.25, 0.3) is 0 Å². The average Bonchev–Trinajstić information content (AvgIpc) is 3.33. The molecule has 2 atom stereocenters.